The minimum atomic E-state index is -3.04. The van der Waals surface area contributed by atoms with E-state index in [0.29, 0.717) is 6.42 Å². The highest BCUT2D eigenvalue weighted by molar-refractivity contribution is 7.91. The molecule has 1 aliphatic carbocycles. The van der Waals surface area contributed by atoms with Gasteiger partial charge in [-0.2, -0.15) is 0 Å². The molecule has 0 aromatic heterocycles. The van der Waals surface area contributed by atoms with Crippen LogP contribution in [-0.4, -0.2) is 55.9 Å². The molecule has 0 heterocycles. The molecule has 19 heavy (non-hydrogen) atoms. The Morgan fingerprint density at radius 2 is 1.89 bits per heavy atom. The monoisotopic (exact) mass is 290 g/mol. The van der Waals surface area contributed by atoms with Crippen molar-refractivity contribution >= 4 is 15.7 Å². The standard InChI is InChI=1S/C13H26N2O3S/c1-13(2,3)14-12(16)9-15(4)10-7-6-8-11(10)19(5,17)18/h10-11H,6-9H2,1-5H3,(H,14,16)/t10-,11-/m0/s1. The maximum Gasteiger partial charge on any atom is 0.234 e. The van der Waals surface area contributed by atoms with E-state index < -0.39 is 9.84 Å². The molecule has 112 valence electrons. The highest BCUT2D eigenvalue weighted by Crippen LogP contribution is 2.28. The quantitative estimate of drug-likeness (QED) is 0.831. The Labute approximate surface area is 116 Å². The van der Waals surface area contributed by atoms with Crippen LogP contribution in [0.2, 0.25) is 0 Å². The molecule has 1 fully saturated rings. The molecule has 0 unspecified atom stereocenters. The molecule has 1 N–H and O–H groups in total. The zero-order valence-electron chi connectivity index (χ0n) is 12.6. The van der Waals surface area contributed by atoms with Crippen molar-refractivity contribution in [2.75, 3.05) is 19.8 Å². The van der Waals surface area contributed by atoms with Crippen LogP contribution in [0.3, 0.4) is 0 Å². The van der Waals surface area contributed by atoms with Gasteiger partial charge in [-0.3, -0.25) is 9.69 Å². The molecular formula is C13H26N2O3S. The van der Waals surface area contributed by atoms with Gasteiger partial charge in [0.2, 0.25) is 5.91 Å². The molecule has 5 nitrogen and oxygen atoms in total. The Bertz CT molecular complexity index is 426. The predicted molar refractivity (Wildman–Crippen MR) is 76.8 cm³/mol. The Morgan fingerprint density at radius 1 is 1.32 bits per heavy atom. The van der Waals surface area contributed by atoms with Gasteiger partial charge in [-0.05, 0) is 40.7 Å². The summed E-state index contributed by atoms with van der Waals surface area (Å²) in [6.45, 7) is 6.04. The van der Waals surface area contributed by atoms with Crippen LogP contribution in [0.25, 0.3) is 0 Å². The Morgan fingerprint density at radius 3 is 2.37 bits per heavy atom. The number of amides is 1. The van der Waals surface area contributed by atoms with Crippen molar-refractivity contribution in [1.82, 2.24) is 10.2 Å². The summed E-state index contributed by atoms with van der Waals surface area (Å²) in [7, 11) is -1.21. The molecule has 2 atom stereocenters. The number of likely N-dealkylation sites (N-methyl/N-ethyl adjacent to an activating group) is 1. The number of hydrogen-bond acceptors (Lipinski definition) is 4. The summed E-state index contributed by atoms with van der Waals surface area (Å²) in [5.74, 6) is -0.0610. The van der Waals surface area contributed by atoms with Crippen molar-refractivity contribution in [2.24, 2.45) is 0 Å². The normalized spacial score (nSPS) is 24.7. The van der Waals surface area contributed by atoms with Crippen LogP contribution in [0.1, 0.15) is 40.0 Å². The second kappa shape index (κ2) is 5.79. The number of hydrogen-bond donors (Lipinski definition) is 1. The van der Waals surface area contributed by atoms with Crippen LogP contribution < -0.4 is 5.32 Å². The molecular weight excluding hydrogens is 264 g/mol. The van der Waals surface area contributed by atoms with E-state index in [1.165, 1.54) is 6.26 Å². The topological polar surface area (TPSA) is 66.5 Å². The minimum Gasteiger partial charge on any atom is -0.350 e. The lowest BCUT2D eigenvalue weighted by Gasteiger charge is -2.29. The zero-order valence-corrected chi connectivity index (χ0v) is 13.4. The van der Waals surface area contributed by atoms with Gasteiger partial charge in [0.25, 0.3) is 0 Å². The third-order valence-corrected chi connectivity index (χ3v) is 5.09. The predicted octanol–water partition coefficient (Wildman–Crippen LogP) is 0.799. The first kappa shape index (κ1) is 16.4. The summed E-state index contributed by atoms with van der Waals surface area (Å²) < 4.78 is 23.5. The molecule has 0 bridgehead atoms. The zero-order chi connectivity index (χ0) is 14.8. The molecule has 1 saturated carbocycles. The van der Waals surface area contributed by atoms with Crippen LogP contribution in [0.15, 0.2) is 0 Å². The van der Waals surface area contributed by atoms with Gasteiger partial charge in [-0.25, -0.2) is 8.42 Å². The number of carbonyl (C=O) groups excluding carboxylic acids is 1. The van der Waals surface area contributed by atoms with E-state index in [1.807, 2.05) is 32.7 Å². The first-order valence-corrected chi connectivity index (χ1v) is 8.66. The van der Waals surface area contributed by atoms with Crippen LogP contribution >= 0.6 is 0 Å². The van der Waals surface area contributed by atoms with Crippen molar-refractivity contribution in [3.05, 3.63) is 0 Å². The highest BCUT2D eigenvalue weighted by atomic mass is 32.2. The third kappa shape index (κ3) is 5.10. The van der Waals surface area contributed by atoms with E-state index in [2.05, 4.69) is 5.32 Å². The van der Waals surface area contributed by atoms with Gasteiger partial charge in [0, 0.05) is 17.8 Å². The number of rotatable bonds is 4. The first-order valence-electron chi connectivity index (χ1n) is 6.71. The fourth-order valence-corrected chi connectivity index (χ4v) is 4.22. The lowest BCUT2D eigenvalue weighted by Crippen LogP contribution is -2.49. The van der Waals surface area contributed by atoms with Crippen molar-refractivity contribution in [2.45, 2.75) is 56.9 Å². The lowest BCUT2D eigenvalue weighted by molar-refractivity contribution is -0.123. The Balaban J connectivity index is 2.63. The number of carbonyl (C=O) groups is 1. The lowest BCUT2D eigenvalue weighted by atomic mass is 10.1. The molecule has 0 aliphatic heterocycles. The summed E-state index contributed by atoms with van der Waals surface area (Å²) in [5.41, 5.74) is -0.260. The van der Waals surface area contributed by atoms with Crippen LogP contribution in [-0.2, 0) is 14.6 Å². The maximum atomic E-state index is 11.9. The first-order chi connectivity index (χ1) is 8.50. The van der Waals surface area contributed by atoms with Gasteiger partial charge in [0.15, 0.2) is 9.84 Å². The van der Waals surface area contributed by atoms with Crippen LogP contribution in [0.5, 0.6) is 0 Å². The van der Waals surface area contributed by atoms with Crippen molar-refractivity contribution in [3.8, 4) is 0 Å². The number of sulfone groups is 1. The van der Waals surface area contributed by atoms with E-state index in [1.54, 1.807) is 0 Å². The highest BCUT2D eigenvalue weighted by Gasteiger charge is 2.37. The van der Waals surface area contributed by atoms with Crippen molar-refractivity contribution in [3.63, 3.8) is 0 Å². The van der Waals surface area contributed by atoms with E-state index in [4.69, 9.17) is 0 Å². The molecule has 6 heteroatoms. The summed E-state index contributed by atoms with van der Waals surface area (Å²) >= 11 is 0. The van der Waals surface area contributed by atoms with Crippen molar-refractivity contribution < 1.29 is 13.2 Å². The second-order valence-corrected chi connectivity index (χ2v) is 8.84. The van der Waals surface area contributed by atoms with Gasteiger partial charge in [-0.15, -0.1) is 0 Å². The fraction of sp³-hybridized carbons (Fsp3) is 0.923. The van der Waals surface area contributed by atoms with Crippen LogP contribution in [0, 0.1) is 0 Å². The Kier molecular flexibility index (Phi) is 5.01. The molecule has 1 amide bonds. The molecule has 1 aliphatic rings. The van der Waals surface area contributed by atoms with E-state index in [9.17, 15) is 13.2 Å². The average molecular weight is 290 g/mol. The van der Waals surface area contributed by atoms with Gasteiger partial charge in [0.1, 0.15) is 0 Å². The average Bonchev–Trinajstić information content (AvgIpc) is 2.60. The van der Waals surface area contributed by atoms with E-state index >= 15 is 0 Å². The number of nitrogens with one attached hydrogen (secondary N) is 1. The van der Waals surface area contributed by atoms with E-state index in [0.717, 1.165) is 12.8 Å². The van der Waals surface area contributed by atoms with E-state index in [-0.39, 0.29) is 29.3 Å². The van der Waals surface area contributed by atoms with Gasteiger partial charge >= 0.3 is 0 Å². The smallest absolute Gasteiger partial charge is 0.234 e. The molecule has 0 spiro atoms. The van der Waals surface area contributed by atoms with Gasteiger partial charge < -0.3 is 5.32 Å². The second-order valence-electron chi connectivity index (χ2n) is 6.58. The minimum absolute atomic E-state index is 0.0410. The number of nitrogens with zero attached hydrogens (tertiary/aromatic N) is 1. The summed E-state index contributed by atoms with van der Waals surface area (Å²) in [6.07, 6.45) is 3.75. The largest absolute Gasteiger partial charge is 0.350 e. The van der Waals surface area contributed by atoms with Crippen molar-refractivity contribution in [1.29, 1.82) is 0 Å². The summed E-state index contributed by atoms with van der Waals surface area (Å²) in [6, 6.07) is -0.0410. The summed E-state index contributed by atoms with van der Waals surface area (Å²) in [5, 5.41) is 2.56. The molecule has 0 aromatic carbocycles. The van der Waals surface area contributed by atoms with Gasteiger partial charge in [0.05, 0.1) is 11.8 Å². The molecule has 1 rings (SSSR count). The van der Waals surface area contributed by atoms with Crippen LogP contribution in [0.4, 0.5) is 0 Å². The maximum absolute atomic E-state index is 11.9. The fourth-order valence-electron chi connectivity index (χ4n) is 2.71. The molecule has 0 saturated heterocycles. The Hall–Kier alpha value is -0.620. The molecule has 0 aromatic rings. The SMILES string of the molecule is CN(CC(=O)NC(C)(C)C)[C@H]1CCC[C@@H]1S(C)(=O)=O. The third-order valence-electron chi connectivity index (χ3n) is 3.44. The molecule has 0 radical (unpaired) electrons. The van der Waals surface area contributed by atoms with Gasteiger partial charge in [-0.1, -0.05) is 6.42 Å². The summed E-state index contributed by atoms with van der Waals surface area (Å²) in [4.78, 5) is 13.8.